The summed E-state index contributed by atoms with van der Waals surface area (Å²) in [7, 11) is 1.02. The summed E-state index contributed by atoms with van der Waals surface area (Å²) in [6, 6.07) is 12.8. The molecule has 0 saturated heterocycles. The SMILES string of the molecule is CNC(C)CNC(=O)c1cccc(S(=O)(=O)N(C)c2ccc(OC)cc2)c1. The van der Waals surface area contributed by atoms with Crippen LogP contribution >= 0.6 is 0 Å². The molecule has 146 valence electrons. The monoisotopic (exact) mass is 391 g/mol. The van der Waals surface area contributed by atoms with Gasteiger partial charge >= 0.3 is 0 Å². The summed E-state index contributed by atoms with van der Waals surface area (Å²) in [6.45, 7) is 2.38. The Labute approximate surface area is 160 Å². The highest BCUT2D eigenvalue weighted by Gasteiger charge is 2.22. The van der Waals surface area contributed by atoms with Crippen molar-refractivity contribution in [1.82, 2.24) is 10.6 Å². The molecule has 2 aromatic carbocycles. The zero-order valence-corrected chi connectivity index (χ0v) is 16.7. The Morgan fingerprint density at radius 3 is 2.44 bits per heavy atom. The lowest BCUT2D eigenvalue weighted by Crippen LogP contribution is -2.37. The van der Waals surface area contributed by atoms with Gasteiger partial charge in [0, 0.05) is 25.2 Å². The van der Waals surface area contributed by atoms with Crippen LogP contribution in [0.4, 0.5) is 5.69 Å². The Morgan fingerprint density at radius 1 is 1.19 bits per heavy atom. The van der Waals surface area contributed by atoms with E-state index in [4.69, 9.17) is 4.74 Å². The molecule has 0 aliphatic heterocycles. The van der Waals surface area contributed by atoms with Gasteiger partial charge in [0.25, 0.3) is 15.9 Å². The van der Waals surface area contributed by atoms with E-state index >= 15 is 0 Å². The van der Waals surface area contributed by atoms with Crippen LogP contribution in [0, 0.1) is 0 Å². The van der Waals surface area contributed by atoms with Crippen LogP contribution in [0.1, 0.15) is 17.3 Å². The molecule has 27 heavy (non-hydrogen) atoms. The number of carbonyl (C=O) groups excluding carboxylic acids is 1. The van der Waals surface area contributed by atoms with E-state index < -0.39 is 10.0 Å². The summed E-state index contributed by atoms with van der Waals surface area (Å²) in [4.78, 5) is 12.3. The van der Waals surface area contributed by atoms with Crippen LogP contribution in [0.25, 0.3) is 0 Å². The van der Waals surface area contributed by atoms with Crippen LogP contribution in [0.15, 0.2) is 53.4 Å². The molecule has 0 fully saturated rings. The number of sulfonamides is 1. The molecule has 7 nitrogen and oxygen atoms in total. The predicted molar refractivity (Wildman–Crippen MR) is 106 cm³/mol. The molecule has 2 N–H and O–H groups in total. The summed E-state index contributed by atoms with van der Waals surface area (Å²) in [5, 5.41) is 5.80. The summed E-state index contributed by atoms with van der Waals surface area (Å²) in [5.41, 5.74) is 0.788. The van der Waals surface area contributed by atoms with Gasteiger partial charge in [-0.1, -0.05) is 6.07 Å². The van der Waals surface area contributed by atoms with Crippen molar-refractivity contribution in [2.45, 2.75) is 17.9 Å². The summed E-state index contributed by atoms with van der Waals surface area (Å²) in [6.07, 6.45) is 0. The van der Waals surface area contributed by atoms with Gasteiger partial charge in [0.15, 0.2) is 0 Å². The number of hydrogen-bond acceptors (Lipinski definition) is 5. The second-order valence-corrected chi connectivity index (χ2v) is 8.07. The minimum absolute atomic E-state index is 0.0510. The molecule has 0 saturated carbocycles. The van der Waals surface area contributed by atoms with E-state index in [9.17, 15) is 13.2 Å². The molecule has 0 aliphatic rings. The first-order chi connectivity index (χ1) is 12.8. The van der Waals surface area contributed by atoms with Gasteiger partial charge < -0.3 is 15.4 Å². The van der Waals surface area contributed by atoms with Crippen molar-refractivity contribution >= 4 is 21.6 Å². The van der Waals surface area contributed by atoms with Crippen molar-refractivity contribution in [3.63, 3.8) is 0 Å². The number of methoxy groups -OCH3 is 1. The van der Waals surface area contributed by atoms with Gasteiger partial charge in [0.2, 0.25) is 0 Å². The average Bonchev–Trinajstić information content (AvgIpc) is 2.71. The Hall–Kier alpha value is -2.58. The maximum absolute atomic E-state index is 12.9. The number of ether oxygens (including phenoxy) is 1. The van der Waals surface area contributed by atoms with Crippen LogP contribution in [-0.4, -0.2) is 48.1 Å². The molecule has 0 aromatic heterocycles. The zero-order valence-electron chi connectivity index (χ0n) is 15.9. The normalized spacial score (nSPS) is 12.3. The smallest absolute Gasteiger partial charge is 0.264 e. The van der Waals surface area contributed by atoms with E-state index in [-0.39, 0.29) is 16.8 Å². The van der Waals surface area contributed by atoms with E-state index in [1.165, 1.54) is 23.5 Å². The number of nitrogens with zero attached hydrogens (tertiary/aromatic N) is 1. The highest BCUT2D eigenvalue weighted by atomic mass is 32.2. The largest absolute Gasteiger partial charge is 0.497 e. The first-order valence-corrected chi connectivity index (χ1v) is 9.92. The number of likely N-dealkylation sites (N-methyl/N-ethyl adjacent to an activating group) is 1. The molecule has 1 atom stereocenters. The van der Waals surface area contributed by atoms with Crippen molar-refractivity contribution in [2.75, 3.05) is 32.1 Å². The van der Waals surface area contributed by atoms with Crippen LogP contribution in [0.2, 0.25) is 0 Å². The Balaban J connectivity index is 2.23. The van der Waals surface area contributed by atoms with Crippen LogP contribution < -0.4 is 19.7 Å². The topological polar surface area (TPSA) is 87.7 Å². The molecule has 8 heteroatoms. The molecular weight excluding hydrogens is 366 g/mol. The van der Waals surface area contributed by atoms with E-state index in [2.05, 4.69) is 10.6 Å². The number of amides is 1. The molecule has 0 spiro atoms. The van der Waals surface area contributed by atoms with E-state index in [1.54, 1.807) is 50.6 Å². The molecule has 0 heterocycles. The highest BCUT2D eigenvalue weighted by molar-refractivity contribution is 7.92. The maximum Gasteiger partial charge on any atom is 0.264 e. The third-order valence-corrected chi connectivity index (χ3v) is 6.03. The lowest BCUT2D eigenvalue weighted by molar-refractivity contribution is 0.0950. The van der Waals surface area contributed by atoms with E-state index in [0.717, 1.165) is 0 Å². The van der Waals surface area contributed by atoms with E-state index in [0.29, 0.717) is 23.5 Å². The number of anilines is 1. The van der Waals surface area contributed by atoms with Crippen LogP contribution in [0.5, 0.6) is 5.75 Å². The van der Waals surface area contributed by atoms with Gasteiger partial charge in [-0.05, 0) is 56.4 Å². The van der Waals surface area contributed by atoms with Gasteiger partial charge in [0.05, 0.1) is 17.7 Å². The lowest BCUT2D eigenvalue weighted by Gasteiger charge is -2.20. The van der Waals surface area contributed by atoms with Crippen molar-refractivity contribution in [3.8, 4) is 5.75 Å². The van der Waals surface area contributed by atoms with E-state index in [1.807, 2.05) is 6.92 Å². The number of carbonyl (C=O) groups is 1. The fraction of sp³-hybridized carbons (Fsp3) is 0.316. The van der Waals surface area contributed by atoms with Crippen molar-refractivity contribution in [1.29, 1.82) is 0 Å². The minimum Gasteiger partial charge on any atom is -0.497 e. The third-order valence-electron chi connectivity index (χ3n) is 4.25. The molecule has 2 aromatic rings. The van der Waals surface area contributed by atoms with Gasteiger partial charge in [-0.3, -0.25) is 9.10 Å². The third kappa shape index (κ3) is 4.99. The first-order valence-electron chi connectivity index (χ1n) is 8.48. The first kappa shape index (κ1) is 20.7. The minimum atomic E-state index is -3.80. The lowest BCUT2D eigenvalue weighted by atomic mass is 10.2. The van der Waals surface area contributed by atoms with Gasteiger partial charge in [0.1, 0.15) is 5.75 Å². The number of rotatable bonds is 8. The molecular formula is C19H25N3O4S. The van der Waals surface area contributed by atoms with Crippen molar-refractivity contribution in [3.05, 3.63) is 54.1 Å². The average molecular weight is 391 g/mol. The summed E-state index contributed by atoms with van der Waals surface area (Å²) < 4.78 is 32.1. The number of nitrogens with one attached hydrogen (secondary N) is 2. The summed E-state index contributed by atoms with van der Waals surface area (Å²) >= 11 is 0. The van der Waals surface area contributed by atoms with Crippen molar-refractivity contribution in [2.24, 2.45) is 0 Å². The Morgan fingerprint density at radius 2 is 1.85 bits per heavy atom. The number of benzene rings is 2. The second kappa shape index (κ2) is 8.88. The fourth-order valence-electron chi connectivity index (χ4n) is 2.34. The van der Waals surface area contributed by atoms with Crippen LogP contribution in [0.3, 0.4) is 0 Å². The second-order valence-electron chi connectivity index (χ2n) is 6.10. The molecule has 1 unspecified atom stereocenters. The van der Waals surface area contributed by atoms with Crippen LogP contribution in [-0.2, 0) is 10.0 Å². The maximum atomic E-state index is 12.9. The molecule has 1 amide bonds. The fourth-order valence-corrected chi connectivity index (χ4v) is 3.58. The predicted octanol–water partition coefficient (Wildman–Crippen LogP) is 1.86. The quantitative estimate of drug-likeness (QED) is 0.717. The van der Waals surface area contributed by atoms with Gasteiger partial charge in [-0.2, -0.15) is 0 Å². The Kier molecular flexibility index (Phi) is 6.81. The Bertz CT molecular complexity index is 882. The zero-order chi connectivity index (χ0) is 20.0. The summed E-state index contributed by atoms with van der Waals surface area (Å²) in [5.74, 6) is 0.320. The standard InChI is InChI=1S/C19H25N3O4S/c1-14(20-2)13-21-19(23)15-6-5-7-18(12-15)27(24,25)22(3)16-8-10-17(26-4)11-9-16/h5-12,14,20H,13H2,1-4H3,(H,21,23). The molecule has 0 radical (unpaired) electrons. The van der Waals surface area contributed by atoms with Gasteiger partial charge in [-0.25, -0.2) is 8.42 Å². The highest BCUT2D eigenvalue weighted by Crippen LogP contribution is 2.24. The molecule has 0 aliphatic carbocycles. The van der Waals surface area contributed by atoms with Gasteiger partial charge in [-0.15, -0.1) is 0 Å². The molecule has 0 bridgehead atoms. The number of hydrogen-bond donors (Lipinski definition) is 2. The van der Waals surface area contributed by atoms with Crippen molar-refractivity contribution < 1.29 is 17.9 Å². The molecule has 2 rings (SSSR count).